The molecule has 0 saturated heterocycles. The molecule has 108 valence electrons. The number of halogens is 2. The first kappa shape index (κ1) is 14.7. The molecular weight excluding hydrogens is 260 g/mol. The zero-order valence-electron chi connectivity index (χ0n) is 12.4. The van der Waals surface area contributed by atoms with Crippen molar-refractivity contribution in [3.63, 3.8) is 0 Å². The van der Waals surface area contributed by atoms with Gasteiger partial charge in [0, 0.05) is 23.9 Å². The Bertz CT molecular complexity index is 647. The molecule has 5 heteroatoms. The standard InChI is InChI=1S/C15H19F2N3/c1-8-6-7-11(14(17)13(8)16)15(18-4)12-9(2)19-20(5)10(12)3/h6-7,15,18H,1-5H3. The lowest BCUT2D eigenvalue weighted by atomic mass is 9.95. The van der Waals surface area contributed by atoms with Crippen molar-refractivity contribution in [1.82, 2.24) is 15.1 Å². The van der Waals surface area contributed by atoms with Crippen LogP contribution < -0.4 is 5.32 Å². The van der Waals surface area contributed by atoms with E-state index in [-0.39, 0.29) is 0 Å². The first-order valence-electron chi connectivity index (χ1n) is 6.50. The molecular formula is C15H19F2N3. The van der Waals surface area contributed by atoms with Crippen LogP contribution in [0.4, 0.5) is 8.78 Å². The van der Waals surface area contributed by atoms with Gasteiger partial charge in [-0.1, -0.05) is 12.1 Å². The van der Waals surface area contributed by atoms with Crippen LogP contribution in [0, 0.1) is 32.4 Å². The van der Waals surface area contributed by atoms with E-state index in [4.69, 9.17) is 0 Å². The van der Waals surface area contributed by atoms with Crippen LogP contribution in [0.1, 0.15) is 34.1 Å². The summed E-state index contributed by atoms with van der Waals surface area (Å²) in [5.41, 5.74) is 3.24. The molecule has 0 aliphatic carbocycles. The van der Waals surface area contributed by atoms with Gasteiger partial charge in [0.2, 0.25) is 0 Å². The van der Waals surface area contributed by atoms with Gasteiger partial charge in [-0.25, -0.2) is 8.78 Å². The van der Waals surface area contributed by atoms with Crippen molar-refractivity contribution < 1.29 is 8.78 Å². The molecule has 0 spiro atoms. The summed E-state index contributed by atoms with van der Waals surface area (Å²) in [5.74, 6) is -1.59. The summed E-state index contributed by atoms with van der Waals surface area (Å²) in [4.78, 5) is 0. The predicted molar refractivity (Wildman–Crippen MR) is 74.7 cm³/mol. The molecule has 0 fully saturated rings. The molecule has 0 amide bonds. The molecule has 20 heavy (non-hydrogen) atoms. The highest BCUT2D eigenvalue weighted by Gasteiger charge is 2.25. The summed E-state index contributed by atoms with van der Waals surface area (Å²) in [6.07, 6.45) is 0. The maximum Gasteiger partial charge on any atom is 0.164 e. The third-order valence-corrected chi connectivity index (χ3v) is 3.76. The van der Waals surface area contributed by atoms with E-state index < -0.39 is 17.7 Å². The van der Waals surface area contributed by atoms with Gasteiger partial charge in [-0.05, 0) is 33.4 Å². The lowest BCUT2D eigenvalue weighted by Crippen LogP contribution is -2.21. The number of aromatic nitrogens is 2. The molecule has 0 aliphatic rings. The third kappa shape index (κ3) is 2.22. The molecule has 2 rings (SSSR count). The van der Waals surface area contributed by atoms with Gasteiger partial charge in [-0.3, -0.25) is 4.68 Å². The van der Waals surface area contributed by atoms with E-state index >= 15 is 0 Å². The van der Waals surface area contributed by atoms with E-state index in [2.05, 4.69) is 10.4 Å². The summed E-state index contributed by atoms with van der Waals surface area (Å²) < 4.78 is 29.7. The smallest absolute Gasteiger partial charge is 0.164 e. The Morgan fingerprint density at radius 3 is 2.30 bits per heavy atom. The van der Waals surface area contributed by atoms with Crippen LogP contribution in [-0.4, -0.2) is 16.8 Å². The van der Waals surface area contributed by atoms with Gasteiger partial charge in [0.15, 0.2) is 11.6 Å². The molecule has 1 atom stereocenters. The average molecular weight is 279 g/mol. The van der Waals surface area contributed by atoms with E-state index in [0.717, 1.165) is 17.0 Å². The normalized spacial score (nSPS) is 12.8. The molecule has 0 saturated carbocycles. The Labute approximate surface area is 117 Å². The monoisotopic (exact) mass is 279 g/mol. The van der Waals surface area contributed by atoms with E-state index in [1.165, 1.54) is 0 Å². The zero-order chi connectivity index (χ0) is 15.0. The molecule has 3 nitrogen and oxygen atoms in total. The van der Waals surface area contributed by atoms with Gasteiger partial charge in [0.25, 0.3) is 0 Å². The van der Waals surface area contributed by atoms with Crippen molar-refractivity contribution in [2.45, 2.75) is 26.8 Å². The second kappa shape index (κ2) is 5.32. The second-order valence-electron chi connectivity index (χ2n) is 5.03. The molecule has 1 aromatic heterocycles. The molecule has 1 heterocycles. The van der Waals surface area contributed by atoms with Crippen LogP contribution in [0.25, 0.3) is 0 Å². The van der Waals surface area contributed by atoms with Crippen molar-refractivity contribution in [3.05, 3.63) is 51.8 Å². The first-order valence-corrected chi connectivity index (χ1v) is 6.50. The van der Waals surface area contributed by atoms with E-state index in [9.17, 15) is 8.78 Å². The van der Waals surface area contributed by atoms with Gasteiger partial charge in [-0.15, -0.1) is 0 Å². The van der Waals surface area contributed by atoms with E-state index in [1.807, 2.05) is 20.9 Å². The Morgan fingerprint density at radius 2 is 1.80 bits per heavy atom. The lowest BCUT2D eigenvalue weighted by molar-refractivity contribution is 0.482. The Hall–Kier alpha value is -1.75. The fraction of sp³-hybridized carbons (Fsp3) is 0.400. The molecule has 0 radical (unpaired) electrons. The number of nitrogens with one attached hydrogen (secondary N) is 1. The van der Waals surface area contributed by atoms with E-state index in [1.54, 1.807) is 30.8 Å². The molecule has 0 bridgehead atoms. The number of rotatable bonds is 3. The number of hydrogen-bond donors (Lipinski definition) is 1. The molecule has 1 unspecified atom stereocenters. The highest BCUT2D eigenvalue weighted by Crippen LogP contribution is 2.30. The maximum atomic E-state index is 14.2. The minimum absolute atomic E-state index is 0.301. The zero-order valence-corrected chi connectivity index (χ0v) is 12.4. The summed E-state index contributed by atoms with van der Waals surface area (Å²) in [7, 11) is 3.57. The Morgan fingerprint density at radius 1 is 1.15 bits per heavy atom. The summed E-state index contributed by atoms with van der Waals surface area (Å²) in [6.45, 7) is 5.34. The first-order chi connectivity index (χ1) is 9.38. The number of hydrogen-bond acceptors (Lipinski definition) is 2. The van der Waals surface area contributed by atoms with Crippen LogP contribution >= 0.6 is 0 Å². The number of nitrogens with zero attached hydrogens (tertiary/aromatic N) is 2. The van der Waals surface area contributed by atoms with Crippen molar-refractivity contribution in [3.8, 4) is 0 Å². The second-order valence-corrected chi connectivity index (χ2v) is 5.03. The highest BCUT2D eigenvalue weighted by molar-refractivity contribution is 5.39. The van der Waals surface area contributed by atoms with Crippen molar-refractivity contribution in [2.24, 2.45) is 7.05 Å². The minimum Gasteiger partial charge on any atom is -0.309 e. The summed E-state index contributed by atoms with van der Waals surface area (Å²) in [6, 6.07) is 2.80. The molecule has 2 aromatic rings. The fourth-order valence-electron chi connectivity index (χ4n) is 2.55. The van der Waals surface area contributed by atoms with Crippen LogP contribution in [0.3, 0.4) is 0 Å². The number of aryl methyl sites for hydroxylation is 3. The third-order valence-electron chi connectivity index (χ3n) is 3.76. The van der Waals surface area contributed by atoms with Gasteiger partial charge in [-0.2, -0.15) is 5.10 Å². The van der Waals surface area contributed by atoms with Crippen molar-refractivity contribution >= 4 is 0 Å². The number of benzene rings is 1. The maximum absolute atomic E-state index is 14.2. The predicted octanol–water partition coefficient (Wildman–Crippen LogP) is 2.93. The molecule has 1 N–H and O–H groups in total. The molecule has 0 aliphatic heterocycles. The average Bonchev–Trinajstić information content (AvgIpc) is 2.65. The Kier molecular flexibility index (Phi) is 3.90. The molecule has 1 aromatic carbocycles. The van der Waals surface area contributed by atoms with Gasteiger partial charge in [0.1, 0.15) is 0 Å². The SMILES string of the molecule is CNC(c1ccc(C)c(F)c1F)c1c(C)nn(C)c1C. The van der Waals surface area contributed by atoms with Crippen molar-refractivity contribution in [1.29, 1.82) is 0 Å². The van der Waals surface area contributed by atoms with Crippen LogP contribution in [0.2, 0.25) is 0 Å². The van der Waals surface area contributed by atoms with E-state index in [0.29, 0.717) is 11.1 Å². The highest BCUT2D eigenvalue weighted by atomic mass is 19.2. The summed E-state index contributed by atoms with van der Waals surface area (Å²) >= 11 is 0. The van der Waals surface area contributed by atoms with Crippen LogP contribution in [-0.2, 0) is 7.05 Å². The van der Waals surface area contributed by atoms with Crippen LogP contribution in [0.15, 0.2) is 12.1 Å². The largest absolute Gasteiger partial charge is 0.309 e. The Balaban J connectivity index is 2.62. The lowest BCUT2D eigenvalue weighted by Gasteiger charge is -2.19. The minimum atomic E-state index is -0.799. The van der Waals surface area contributed by atoms with Gasteiger partial charge >= 0.3 is 0 Å². The fourth-order valence-corrected chi connectivity index (χ4v) is 2.55. The van der Waals surface area contributed by atoms with Crippen molar-refractivity contribution in [2.75, 3.05) is 7.05 Å². The quantitative estimate of drug-likeness (QED) is 0.936. The summed E-state index contributed by atoms with van der Waals surface area (Å²) in [5, 5.41) is 7.39. The topological polar surface area (TPSA) is 29.9 Å². The van der Waals surface area contributed by atoms with Gasteiger partial charge < -0.3 is 5.32 Å². The van der Waals surface area contributed by atoms with Crippen LogP contribution in [0.5, 0.6) is 0 Å². The van der Waals surface area contributed by atoms with Gasteiger partial charge in [0.05, 0.1) is 11.7 Å².